The largest absolute Gasteiger partial charge is 0.327 e. The molecule has 1 saturated carbocycles. The summed E-state index contributed by atoms with van der Waals surface area (Å²) in [6.45, 7) is 4.47. The Kier molecular flexibility index (Phi) is 4.42. The van der Waals surface area contributed by atoms with Crippen LogP contribution in [0.1, 0.15) is 55.6 Å². The molecule has 2 atom stereocenters. The van der Waals surface area contributed by atoms with Crippen molar-refractivity contribution in [2.75, 3.05) is 13.1 Å². The zero-order chi connectivity index (χ0) is 13.9. The van der Waals surface area contributed by atoms with Crippen molar-refractivity contribution < 1.29 is 0 Å². The van der Waals surface area contributed by atoms with Crippen molar-refractivity contribution in [2.24, 2.45) is 5.73 Å². The standard InChI is InChI=1S/C18H28N2/c1-14-7-9-15(10-8-14)16-11-17(19)13-20(12-16)18-5-3-2-4-6-18/h7-10,16-18H,2-6,11-13,19H2,1H3. The molecule has 0 spiro atoms. The Hall–Kier alpha value is -0.860. The van der Waals surface area contributed by atoms with Crippen LogP contribution in [0.4, 0.5) is 0 Å². The third-order valence-corrected chi connectivity index (χ3v) is 5.15. The lowest BCUT2D eigenvalue weighted by Crippen LogP contribution is -2.50. The highest BCUT2D eigenvalue weighted by Crippen LogP contribution is 2.31. The highest BCUT2D eigenvalue weighted by molar-refractivity contribution is 5.25. The maximum absolute atomic E-state index is 6.35. The van der Waals surface area contributed by atoms with E-state index in [1.807, 2.05) is 0 Å². The second-order valence-corrected chi connectivity index (χ2v) is 6.85. The van der Waals surface area contributed by atoms with Crippen LogP contribution in [-0.4, -0.2) is 30.1 Å². The maximum atomic E-state index is 6.35. The molecule has 2 fully saturated rings. The number of rotatable bonds is 2. The van der Waals surface area contributed by atoms with E-state index in [1.165, 1.54) is 49.8 Å². The molecule has 1 aromatic rings. The van der Waals surface area contributed by atoms with Gasteiger partial charge in [0.2, 0.25) is 0 Å². The molecule has 0 bridgehead atoms. The van der Waals surface area contributed by atoms with Crippen molar-refractivity contribution in [1.82, 2.24) is 4.90 Å². The van der Waals surface area contributed by atoms with Gasteiger partial charge < -0.3 is 5.73 Å². The van der Waals surface area contributed by atoms with Gasteiger partial charge in [-0.2, -0.15) is 0 Å². The second-order valence-electron chi connectivity index (χ2n) is 6.85. The van der Waals surface area contributed by atoms with Crippen molar-refractivity contribution >= 4 is 0 Å². The van der Waals surface area contributed by atoms with Crippen molar-refractivity contribution in [3.05, 3.63) is 35.4 Å². The molecule has 110 valence electrons. The average Bonchev–Trinajstić information content (AvgIpc) is 2.48. The van der Waals surface area contributed by atoms with E-state index in [-0.39, 0.29) is 0 Å². The maximum Gasteiger partial charge on any atom is 0.0174 e. The van der Waals surface area contributed by atoms with Gasteiger partial charge in [-0.25, -0.2) is 0 Å². The quantitative estimate of drug-likeness (QED) is 0.893. The minimum absolute atomic E-state index is 0.344. The normalized spacial score (nSPS) is 29.5. The first-order valence-electron chi connectivity index (χ1n) is 8.28. The van der Waals surface area contributed by atoms with E-state index in [1.54, 1.807) is 0 Å². The zero-order valence-corrected chi connectivity index (χ0v) is 12.7. The fraction of sp³-hybridized carbons (Fsp3) is 0.667. The van der Waals surface area contributed by atoms with Crippen molar-refractivity contribution in [3.63, 3.8) is 0 Å². The van der Waals surface area contributed by atoms with Crippen molar-refractivity contribution in [2.45, 2.75) is 63.5 Å². The Labute approximate surface area is 123 Å². The number of hydrogen-bond donors (Lipinski definition) is 1. The number of likely N-dealkylation sites (tertiary alicyclic amines) is 1. The van der Waals surface area contributed by atoms with Crippen LogP contribution < -0.4 is 5.73 Å². The summed E-state index contributed by atoms with van der Waals surface area (Å²) >= 11 is 0. The van der Waals surface area contributed by atoms with Gasteiger partial charge in [0.1, 0.15) is 0 Å². The van der Waals surface area contributed by atoms with E-state index in [4.69, 9.17) is 5.73 Å². The zero-order valence-electron chi connectivity index (χ0n) is 12.7. The van der Waals surface area contributed by atoms with Gasteiger partial charge in [-0.3, -0.25) is 4.90 Å². The Bertz CT molecular complexity index is 420. The van der Waals surface area contributed by atoms with Crippen molar-refractivity contribution in [3.8, 4) is 0 Å². The Balaban J connectivity index is 1.70. The predicted octanol–water partition coefficient (Wildman–Crippen LogP) is 3.44. The summed E-state index contributed by atoms with van der Waals surface area (Å²) in [6.07, 6.45) is 8.15. The van der Waals surface area contributed by atoms with Gasteiger partial charge in [0.15, 0.2) is 0 Å². The first-order chi connectivity index (χ1) is 9.72. The van der Waals surface area contributed by atoms with Crippen LogP contribution in [0.3, 0.4) is 0 Å². The van der Waals surface area contributed by atoms with Crippen LogP contribution in [0.15, 0.2) is 24.3 Å². The minimum Gasteiger partial charge on any atom is -0.327 e. The molecule has 1 saturated heterocycles. The molecule has 2 N–H and O–H groups in total. The van der Waals surface area contributed by atoms with Crippen LogP contribution in [-0.2, 0) is 0 Å². The summed E-state index contributed by atoms with van der Waals surface area (Å²) in [4.78, 5) is 2.69. The van der Waals surface area contributed by atoms with E-state index in [0.29, 0.717) is 12.0 Å². The minimum atomic E-state index is 0.344. The molecule has 1 heterocycles. The van der Waals surface area contributed by atoms with Crippen LogP contribution >= 0.6 is 0 Å². The highest BCUT2D eigenvalue weighted by Gasteiger charge is 2.30. The molecule has 0 amide bonds. The Morgan fingerprint density at radius 2 is 1.70 bits per heavy atom. The molecule has 1 aliphatic heterocycles. The van der Waals surface area contributed by atoms with E-state index in [0.717, 1.165) is 19.0 Å². The molecule has 2 aliphatic rings. The monoisotopic (exact) mass is 272 g/mol. The molecule has 2 unspecified atom stereocenters. The molecular formula is C18H28N2. The lowest BCUT2D eigenvalue weighted by atomic mass is 9.85. The SMILES string of the molecule is Cc1ccc(C2CC(N)CN(C3CCCCC3)C2)cc1. The van der Waals surface area contributed by atoms with Crippen LogP contribution in [0, 0.1) is 6.92 Å². The van der Waals surface area contributed by atoms with Crippen LogP contribution in [0.25, 0.3) is 0 Å². The number of piperidine rings is 1. The summed E-state index contributed by atoms with van der Waals surface area (Å²) in [5, 5.41) is 0. The lowest BCUT2D eigenvalue weighted by molar-refractivity contribution is 0.107. The van der Waals surface area contributed by atoms with Crippen molar-refractivity contribution in [1.29, 1.82) is 0 Å². The summed E-state index contributed by atoms with van der Waals surface area (Å²) in [6, 6.07) is 10.2. The first kappa shape index (κ1) is 14.1. The van der Waals surface area contributed by atoms with Gasteiger partial charge in [-0.05, 0) is 37.7 Å². The number of nitrogens with two attached hydrogens (primary N) is 1. The molecule has 2 nitrogen and oxygen atoms in total. The van der Waals surface area contributed by atoms with Gasteiger partial charge in [0.05, 0.1) is 0 Å². The molecule has 20 heavy (non-hydrogen) atoms. The Morgan fingerprint density at radius 1 is 1.00 bits per heavy atom. The summed E-state index contributed by atoms with van der Waals surface area (Å²) < 4.78 is 0. The molecule has 0 aromatic heterocycles. The third-order valence-electron chi connectivity index (χ3n) is 5.15. The van der Waals surface area contributed by atoms with E-state index in [2.05, 4.69) is 36.1 Å². The van der Waals surface area contributed by atoms with Crippen LogP contribution in [0.2, 0.25) is 0 Å². The van der Waals surface area contributed by atoms with Gasteiger partial charge >= 0.3 is 0 Å². The van der Waals surface area contributed by atoms with Gasteiger partial charge in [0, 0.05) is 25.2 Å². The summed E-state index contributed by atoms with van der Waals surface area (Å²) in [5.41, 5.74) is 9.17. The molecular weight excluding hydrogens is 244 g/mol. The van der Waals surface area contributed by atoms with E-state index < -0.39 is 0 Å². The smallest absolute Gasteiger partial charge is 0.0174 e. The Morgan fingerprint density at radius 3 is 2.40 bits per heavy atom. The molecule has 1 aliphatic carbocycles. The number of nitrogens with zero attached hydrogens (tertiary/aromatic N) is 1. The van der Waals surface area contributed by atoms with E-state index >= 15 is 0 Å². The molecule has 2 heteroatoms. The number of aryl methyl sites for hydroxylation is 1. The topological polar surface area (TPSA) is 29.3 Å². The first-order valence-corrected chi connectivity index (χ1v) is 8.28. The number of benzene rings is 1. The molecule has 1 aromatic carbocycles. The average molecular weight is 272 g/mol. The fourth-order valence-electron chi connectivity index (χ4n) is 4.00. The van der Waals surface area contributed by atoms with Gasteiger partial charge in [-0.1, -0.05) is 49.1 Å². The molecule has 0 radical (unpaired) electrons. The fourth-order valence-corrected chi connectivity index (χ4v) is 4.00. The highest BCUT2D eigenvalue weighted by atomic mass is 15.2. The lowest BCUT2D eigenvalue weighted by Gasteiger charge is -2.42. The summed E-state index contributed by atoms with van der Waals surface area (Å²) in [5.74, 6) is 0.626. The van der Waals surface area contributed by atoms with E-state index in [9.17, 15) is 0 Å². The molecule has 3 rings (SSSR count). The number of hydrogen-bond acceptors (Lipinski definition) is 2. The van der Waals surface area contributed by atoms with Gasteiger partial charge in [-0.15, -0.1) is 0 Å². The van der Waals surface area contributed by atoms with Gasteiger partial charge in [0.25, 0.3) is 0 Å². The summed E-state index contributed by atoms with van der Waals surface area (Å²) in [7, 11) is 0. The third kappa shape index (κ3) is 3.24. The van der Waals surface area contributed by atoms with Crippen LogP contribution in [0.5, 0.6) is 0 Å². The second kappa shape index (κ2) is 6.28. The predicted molar refractivity (Wildman–Crippen MR) is 85.0 cm³/mol.